The molecule has 2 N–H and O–H groups in total. The number of ether oxygens (including phenoxy) is 2. The highest BCUT2D eigenvalue weighted by Crippen LogP contribution is 2.38. The van der Waals surface area contributed by atoms with E-state index in [9.17, 15) is 27.9 Å². The van der Waals surface area contributed by atoms with E-state index in [-0.39, 0.29) is 29.0 Å². The van der Waals surface area contributed by atoms with Gasteiger partial charge in [-0.15, -0.1) is 0 Å². The molecule has 0 saturated heterocycles. The molecule has 7 nitrogen and oxygen atoms in total. The minimum atomic E-state index is -4.47. The maximum absolute atomic E-state index is 12.9. The summed E-state index contributed by atoms with van der Waals surface area (Å²) in [5, 5.41) is 13.0. The molecule has 0 unspecified atom stereocenters. The molecule has 0 radical (unpaired) electrons. The van der Waals surface area contributed by atoms with Gasteiger partial charge < -0.3 is 24.5 Å². The summed E-state index contributed by atoms with van der Waals surface area (Å²) in [5.41, 5.74) is 0.0750. The Bertz CT molecular complexity index is 1460. The van der Waals surface area contributed by atoms with E-state index in [2.05, 4.69) is 5.32 Å². The number of aromatic carboxylic acids is 1. The van der Waals surface area contributed by atoms with Gasteiger partial charge in [-0.05, 0) is 80.6 Å². The van der Waals surface area contributed by atoms with Crippen molar-refractivity contribution in [3.8, 4) is 22.9 Å². The van der Waals surface area contributed by atoms with E-state index < -0.39 is 23.6 Å². The van der Waals surface area contributed by atoms with Crippen molar-refractivity contribution in [2.24, 2.45) is 0 Å². The van der Waals surface area contributed by atoms with Gasteiger partial charge in [-0.2, -0.15) is 13.2 Å². The molecule has 0 aliphatic carbocycles. The van der Waals surface area contributed by atoms with Gasteiger partial charge in [-0.1, -0.05) is 0 Å². The fourth-order valence-corrected chi connectivity index (χ4v) is 3.90. The topological polar surface area (TPSA) is 89.8 Å². The maximum atomic E-state index is 12.9. The van der Waals surface area contributed by atoms with Crippen LogP contribution in [0.25, 0.3) is 16.6 Å². The number of amides is 1. The third kappa shape index (κ3) is 5.53. The molecule has 1 heterocycles. The Hall–Kier alpha value is -4.47. The number of nitrogens with zero attached hydrogens (tertiary/aromatic N) is 1. The molecule has 0 bridgehead atoms. The van der Waals surface area contributed by atoms with Crippen LogP contribution in [0.5, 0.6) is 17.2 Å². The molecule has 0 spiro atoms. The number of benzene rings is 3. The zero-order chi connectivity index (χ0) is 26.9. The lowest BCUT2D eigenvalue weighted by Gasteiger charge is -2.13. The molecule has 4 rings (SSSR count). The van der Waals surface area contributed by atoms with E-state index in [1.165, 1.54) is 29.7 Å². The average Bonchev–Trinajstić information content (AvgIpc) is 3.12. The summed E-state index contributed by atoms with van der Waals surface area (Å²) in [4.78, 5) is 24.3. The van der Waals surface area contributed by atoms with Gasteiger partial charge in [-0.3, -0.25) is 4.79 Å². The zero-order valence-electron chi connectivity index (χ0n) is 20.1. The van der Waals surface area contributed by atoms with Crippen LogP contribution in [0, 0.1) is 0 Å². The first-order valence-corrected chi connectivity index (χ1v) is 11.3. The summed E-state index contributed by atoms with van der Waals surface area (Å²) in [5.74, 6) is -0.731. The highest BCUT2D eigenvalue weighted by Gasteiger charge is 2.30. The van der Waals surface area contributed by atoms with Crippen LogP contribution in [0.2, 0.25) is 0 Å². The molecule has 10 heteroatoms. The standard InChI is InChI=1S/C27H23F3N2O5/c1-15(2)36-19-10-6-18(7-11-19)32-23-13-12-21(37-20-8-4-17(5-9-20)27(28,29)30)14-22(23)24(31-16(3)33)25(32)26(34)35/h4-15H,1-3H3,(H,31,33)(H,34,35). The highest BCUT2D eigenvalue weighted by molar-refractivity contribution is 6.11. The number of anilines is 1. The predicted octanol–water partition coefficient (Wildman–Crippen LogP) is 6.89. The maximum Gasteiger partial charge on any atom is 0.416 e. The van der Waals surface area contributed by atoms with E-state index in [4.69, 9.17) is 9.47 Å². The second-order valence-electron chi connectivity index (χ2n) is 8.51. The van der Waals surface area contributed by atoms with Gasteiger partial charge in [0.15, 0.2) is 5.69 Å². The fraction of sp³-hybridized carbons (Fsp3) is 0.185. The lowest BCUT2D eigenvalue weighted by Crippen LogP contribution is -2.13. The second kappa shape index (κ2) is 9.88. The largest absolute Gasteiger partial charge is 0.491 e. The summed E-state index contributed by atoms with van der Waals surface area (Å²) >= 11 is 0. The molecular formula is C27H23F3N2O5. The summed E-state index contributed by atoms with van der Waals surface area (Å²) in [7, 11) is 0. The summed E-state index contributed by atoms with van der Waals surface area (Å²) in [6.07, 6.45) is -4.51. The molecule has 4 aromatic rings. The van der Waals surface area contributed by atoms with Gasteiger partial charge in [0.2, 0.25) is 5.91 Å². The van der Waals surface area contributed by atoms with Crippen molar-refractivity contribution in [1.29, 1.82) is 0 Å². The molecule has 0 saturated carbocycles. The molecule has 0 aliphatic rings. The lowest BCUT2D eigenvalue weighted by molar-refractivity contribution is -0.137. The first-order chi connectivity index (χ1) is 17.4. The van der Waals surface area contributed by atoms with Crippen LogP contribution in [-0.2, 0) is 11.0 Å². The summed E-state index contributed by atoms with van der Waals surface area (Å²) < 4.78 is 51.5. The smallest absolute Gasteiger partial charge is 0.416 e. The Balaban J connectivity index is 1.81. The molecule has 3 aromatic carbocycles. The van der Waals surface area contributed by atoms with Crippen molar-refractivity contribution < 1.29 is 37.3 Å². The van der Waals surface area contributed by atoms with Crippen LogP contribution in [0.3, 0.4) is 0 Å². The molecule has 1 aromatic heterocycles. The number of carbonyl (C=O) groups is 2. The van der Waals surface area contributed by atoms with Crippen LogP contribution >= 0.6 is 0 Å². The average molecular weight is 512 g/mol. The molecule has 0 atom stereocenters. The van der Waals surface area contributed by atoms with E-state index >= 15 is 0 Å². The van der Waals surface area contributed by atoms with Crippen LogP contribution in [0.15, 0.2) is 66.7 Å². The number of hydrogen-bond acceptors (Lipinski definition) is 4. The van der Waals surface area contributed by atoms with Crippen molar-refractivity contribution in [3.63, 3.8) is 0 Å². The Morgan fingerprint density at radius 3 is 2.05 bits per heavy atom. The van der Waals surface area contributed by atoms with Crippen LogP contribution in [0.1, 0.15) is 36.8 Å². The third-order valence-corrected chi connectivity index (χ3v) is 5.33. The lowest BCUT2D eigenvalue weighted by atomic mass is 10.2. The number of alkyl halides is 3. The van der Waals surface area contributed by atoms with Crippen molar-refractivity contribution in [2.75, 3.05) is 5.32 Å². The van der Waals surface area contributed by atoms with Gasteiger partial charge in [0.1, 0.15) is 17.2 Å². The Morgan fingerprint density at radius 2 is 1.51 bits per heavy atom. The van der Waals surface area contributed by atoms with Gasteiger partial charge in [-0.25, -0.2) is 4.79 Å². The number of carboxylic acid groups (broad SMARTS) is 1. The summed E-state index contributed by atoms with van der Waals surface area (Å²) in [6, 6.07) is 15.7. The first kappa shape index (κ1) is 25.6. The molecule has 0 aliphatic heterocycles. The molecule has 37 heavy (non-hydrogen) atoms. The number of hydrogen-bond donors (Lipinski definition) is 2. The Kier molecular flexibility index (Phi) is 6.84. The number of aromatic nitrogens is 1. The van der Waals surface area contributed by atoms with Crippen LogP contribution in [0.4, 0.5) is 18.9 Å². The number of nitrogens with one attached hydrogen (secondary N) is 1. The van der Waals surface area contributed by atoms with Gasteiger partial charge in [0, 0.05) is 18.0 Å². The summed E-state index contributed by atoms with van der Waals surface area (Å²) in [6.45, 7) is 5.04. The van der Waals surface area contributed by atoms with Crippen molar-refractivity contribution in [3.05, 3.63) is 78.0 Å². The van der Waals surface area contributed by atoms with Gasteiger partial charge in [0.05, 0.1) is 22.9 Å². The van der Waals surface area contributed by atoms with Gasteiger partial charge in [0.25, 0.3) is 0 Å². The Labute approximate surface area is 210 Å². The second-order valence-corrected chi connectivity index (χ2v) is 8.51. The molecule has 1 amide bonds. The minimum absolute atomic E-state index is 0.0395. The third-order valence-electron chi connectivity index (χ3n) is 5.33. The Morgan fingerprint density at radius 1 is 0.919 bits per heavy atom. The van der Waals surface area contributed by atoms with Gasteiger partial charge >= 0.3 is 12.1 Å². The van der Waals surface area contributed by atoms with E-state index in [1.54, 1.807) is 36.4 Å². The molecule has 0 fully saturated rings. The highest BCUT2D eigenvalue weighted by atomic mass is 19.4. The number of halogens is 3. The van der Waals surface area contributed by atoms with E-state index in [0.29, 0.717) is 22.3 Å². The monoisotopic (exact) mass is 512 g/mol. The van der Waals surface area contributed by atoms with E-state index in [0.717, 1.165) is 12.1 Å². The predicted molar refractivity (Wildman–Crippen MR) is 132 cm³/mol. The number of carboxylic acids is 1. The number of carbonyl (C=O) groups excluding carboxylic acids is 1. The van der Waals surface area contributed by atoms with E-state index in [1.807, 2.05) is 13.8 Å². The SMILES string of the molecule is CC(=O)Nc1c(C(=O)O)n(-c2ccc(OC(C)C)cc2)c2ccc(Oc3ccc(C(F)(F)F)cc3)cc12. The zero-order valence-corrected chi connectivity index (χ0v) is 20.1. The fourth-order valence-electron chi connectivity index (χ4n) is 3.90. The van der Waals surface area contributed by atoms with Crippen molar-refractivity contribution in [2.45, 2.75) is 33.1 Å². The minimum Gasteiger partial charge on any atom is -0.491 e. The van der Waals surface area contributed by atoms with Crippen molar-refractivity contribution in [1.82, 2.24) is 4.57 Å². The van der Waals surface area contributed by atoms with Crippen molar-refractivity contribution >= 4 is 28.5 Å². The number of fused-ring (bicyclic) bond motifs is 1. The molecule has 192 valence electrons. The van der Waals surface area contributed by atoms with Crippen LogP contribution < -0.4 is 14.8 Å². The quantitative estimate of drug-likeness (QED) is 0.282. The first-order valence-electron chi connectivity index (χ1n) is 11.3. The van der Waals surface area contributed by atoms with Crippen LogP contribution in [-0.4, -0.2) is 27.7 Å². The number of rotatable bonds is 7. The molecular weight excluding hydrogens is 489 g/mol. The normalized spacial score (nSPS) is 11.5.